The fourth-order valence-electron chi connectivity index (χ4n) is 3.35. The van der Waals surface area contributed by atoms with Gasteiger partial charge in [0, 0.05) is 0 Å². The molecule has 1 saturated heterocycles. The zero-order valence-electron chi connectivity index (χ0n) is 17.2. The number of nitrogens with one attached hydrogen (secondary N) is 1. The number of halogens is 1. The minimum absolute atomic E-state index is 0.311. The molecule has 0 saturated carbocycles. The third kappa shape index (κ3) is 9.42. The van der Waals surface area contributed by atoms with Crippen molar-refractivity contribution in [1.29, 1.82) is 0 Å². The molecule has 0 aliphatic carbocycles. The summed E-state index contributed by atoms with van der Waals surface area (Å²) in [7, 11) is 0. The average Bonchev–Trinajstić information content (AvgIpc) is 2.68. The molecule has 0 amide bonds. The van der Waals surface area contributed by atoms with Crippen molar-refractivity contribution in [2.45, 2.75) is 88.8 Å². The van der Waals surface area contributed by atoms with Gasteiger partial charge >= 0.3 is 11.9 Å². The third-order valence-electron chi connectivity index (χ3n) is 5.14. The van der Waals surface area contributed by atoms with E-state index in [1.54, 1.807) is 0 Å². The summed E-state index contributed by atoms with van der Waals surface area (Å²) in [6.45, 7) is 6.86. The van der Waals surface area contributed by atoms with Crippen LogP contribution in [0.5, 0.6) is 0 Å². The van der Waals surface area contributed by atoms with Crippen LogP contribution in [0.1, 0.15) is 84.5 Å². The molecule has 1 heterocycles. The van der Waals surface area contributed by atoms with Gasteiger partial charge in [-0.1, -0.05) is 68.3 Å². The van der Waals surface area contributed by atoms with Crippen LogP contribution in [0.25, 0.3) is 0 Å². The second-order valence-electron chi connectivity index (χ2n) is 7.59. The molecular formula is C21H38BrNO4. The molecular weight excluding hydrogens is 410 g/mol. The lowest BCUT2D eigenvalue weighted by Gasteiger charge is -2.30. The van der Waals surface area contributed by atoms with E-state index in [1.165, 1.54) is 0 Å². The molecule has 6 heteroatoms. The average molecular weight is 448 g/mol. The van der Waals surface area contributed by atoms with Gasteiger partial charge in [-0.25, -0.2) is 9.59 Å². The number of alkyl halides is 1. The first-order valence-corrected chi connectivity index (χ1v) is 11.6. The van der Waals surface area contributed by atoms with E-state index in [2.05, 4.69) is 35.1 Å². The molecule has 5 nitrogen and oxygen atoms in total. The smallest absolute Gasteiger partial charge is 0.334 e. The molecule has 0 aromatic carbocycles. The van der Waals surface area contributed by atoms with E-state index in [-0.39, 0.29) is 0 Å². The minimum atomic E-state index is -1.37. The van der Waals surface area contributed by atoms with Gasteiger partial charge < -0.3 is 14.8 Å². The Labute approximate surface area is 173 Å². The summed E-state index contributed by atoms with van der Waals surface area (Å²) < 4.78 is 9.55. The molecule has 0 unspecified atom stereocenters. The molecule has 158 valence electrons. The number of esters is 2. The molecule has 1 N–H and O–H groups in total. The van der Waals surface area contributed by atoms with Gasteiger partial charge in [-0.3, -0.25) is 0 Å². The van der Waals surface area contributed by atoms with E-state index in [9.17, 15) is 9.59 Å². The molecule has 0 atom stereocenters. The number of hydrogen-bond donors (Lipinski definition) is 1. The number of rotatable bonds is 14. The van der Waals surface area contributed by atoms with E-state index in [1.807, 2.05) is 0 Å². The van der Waals surface area contributed by atoms with Gasteiger partial charge in [0.25, 0.3) is 0 Å². The quantitative estimate of drug-likeness (QED) is 0.180. The highest BCUT2D eigenvalue weighted by molar-refractivity contribution is 9.10. The zero-order valence-corrected chi connectivity index (χ0v) is 18.8. The van der Waals surface area contributed by atoms with E-state index < -0.39 is 16.3 Å². The Hall–Kier alpha value is -0.620. The van der Waals surface area contributed by atoms with Crippen molar-refractivity contribution < 1.29 is 19.1 Å². The molecule has 0 radical (unpaired) electrons. The van der Waals surface area contributed by atoms with Gasteiger partial charge in [-0.05, 0) is 51.1 Å². The maximum atomic E-state index is 12.8. The van der Waals surface area contributed by atoms with Crippen LogP contribution in [-0.2, 0) is 19.1 Å². The van der Waals surface area contributed by atoms with Crippen molar-refractivity contribution in [3.05, 3.63) is 0 Å². The van der Waals surface area contributed by atoms with E-state index >= 15 is 0 Å². The Morgan fingerprint density at radius 1 is 0.889 bits per heavy atom. The number of hydrogen-bond acceptors (Lipinski definition) is 5. The predicted octanol–water partition coefficient (Wildman–Crippen LogP) is 4.76. The largest absolute Gasteiger partial charge is 0.464 e. The maximum Gasteiger partial charge on any atom is 0.334 e. The lowest BCUT2D eigenvalue weighted by atomic mass is 9.87. The number of ether oxygens (including phenoxy) is 2. The van der Waals surface area contributed by atoms with Gasteiger partial charge in [-0.15, -0.1) is 0 Å². The molecule has 0 spiro atoms. The van der Waals surface area contributed by atoms with Crippen LogP contribution in [-0.4, -0.2) is 42.6 Å². The van der Waals surface area contributed by atoms with E-state index in [0.717, 1.165) is 77.3 Å². The highest BCUT2D eigenvalue weighted by Gasteiger charge is 2.48. The highest BCUT2D eigenvalue weighted by Crippen LogP contribution is 2.34. The Morgan fingerprint density at radius 2 is 1.37 bits per heavy atom. The molecule has 0 aromatic rings. The Kier molecular flexibility index (Phi) is 13.0. The van der Waals surface area contributed by atoms with Crippen LogP contribution in [0.4, 0.5) is 0 Å². The number of carbonyl (C=O) groups excluding carboxylic acids is 2. The summed E-state index contributed by atoms with van der Waals surface area (Å²) in [5.74, 6) is -0.668. The SMILES string of the molecule is CCCCCCOC(=O)C(Br)(CC1CCNCC1)C(=O)OCCCCCC. The van der Waals surface area contributed by atoms with Crippen molar-refractivity contribution in [3.63, 3.8) is 0 Å². The molecule has 0 aromatic heterocycles. The first kappa shape index (κ1) is 24.4. The van der Waals surface area contributed by atoms with Crippen LogP contribution in [0.3, 0.4) is 0 Å². The van der Waals surface area contributed by atoms with Gasteiger partial charge in [0.1, 0.15) is 0 Å². The summed E-state index contributed by atoms with van der Waals surface area (Å²) >= 11 is 3.45. The lowest BCUT2D eigenvalue weighted by Crippen LogP contribution is -2.46. The van der Waals surface area contributed by atoms with Crippen LogP contribution >= 0.6 is 15.9 Å². The van der Waals surface area contributed by atoms with Gasteiger partial charge in [0.15, 0.2) is 0 Å². The number of piperidine rings is 1. The van der Waals surface area contributed by atoms with E-state index in [4.69, 9.17) is 9.47 Å². The van der Waals surface area contributed by atoms with Gasteiger partial charge in [-0.2, -0.15) is 0 Å². The molecule has 27 heavy (non-hydrogen) atoms. The second-order valence-corrected chi connectivity index (χ2v) is 8.95. The summed E-state index contributed by atoms with van der Waals surface area (Å²) in [5, 5.41) is 3.32. The minimum Gasteiger partial charge on any atom is -0.464 e. The molecule has 1 rings (SSSR count). The number of carbonyl (C=O) groups is 2. The standard InChI is InChI=1S/C21H38BrNO4/c1-3-5-7-9-15-26-19(24)21(22,17-18-11-13-23-14-12-18)20(25)27-16-10-8-6-4-2/h18,23H,3-17H2,1-2H3. The first-order chi connectivity index (χ1) is 13.0. The van der Waals surface area contributed by atoms with Crippen molar-refractivity contribution in [1.82, 2.24) is 5.32 Å². The van der Waals surface area contributed by atoms with E-state index in [0.29, 0.717) is 25.6 Å². The van der Waals surface area contributed by atoms with Crippen molar-refractivity contribution in [2.24, 2.45) is 5.92 Å². The lowest BCUT2D eigenvalue weighted by molar-refractivity contribution is -0.160. The van der Waals surface area contributed by atoms with Crippen LogP contribution in [0, 0.1) is 5.92 Å². The van der Waals surface area contributed by atoms with Gasteiger partial charge in [0.2, 0.25) is 4.32 Å². The Morgan fingerprint density at radius 3 is 1.81 bits per heavy atom. The maximum absolute atomic E-state index is 12.8. The molecule has 1 aliphatic heterocycles. The van der Waals surface area contributed by atoms with Crippen molar-refractivity contribution >= 4 is 27.9 Å². The fraction of sp³-hybridized carbons (Fsp3) is 0.905. The number of unbranched alkanes of at least 4 members (excludes halogenated alkanes) is 6. The van der Waals surface area contributed by atoms with Crippen molar-refractivity contribution in [2.75, 3.05) is 26.3 Å². The third-order valence-corrected chi connectivity index (χ3v) is 6.11. The molecule has 0 bridgehead atoms. The summed E-state index contributed by atoms with van der Waals surface area (Å²) in [6, 6.07) is 0. The topological polar surface area (TPSA) is 64.6 Å². The highest BCUT2D eigenvalue weighted by atomic mass is 79.9. The normalized spacial score (nSPS) is 15.5. The summed E-state index contributed by atoms with van der Waals surface area (Å²) in [4.78, 5) is 25.5. The van der Waals surface area contributed by atoms with Crippen molar-refractivity contribution in [3.8, 4) is 0 Å². The fourth-order valence-corrected chi connectivity index (χ4v) is 4.04. The Balaban J connectivity index is 2.60. The molecule has 1 aliphatic rings. The van der Waals surface area contributed by atoms with Gasteiger partial charge in [0.05, 0.1) is 13.2 Å². The Bertz CT molecular complexity index is 398. The first-order valence-electron chi connectivity index (χ1n) is 10.8. The van der Waals surface area contributed by atoms with Crippen LogP contribution < -0.4 is 5.32 Å². The summed E-state index contributed by atoms with van der Waals surface area (Å²) in [6.07, 6.45) is 10.6. The van der Waals surface area contributed by atoms with Crippen LogP contribution in [0.15, 0.2) is 0 Å². The molecule has 1 fully saturated rings. The summed E-state index contributed by atoms with van der Waals surface area (Å²) in [5.41, 5.74) is 0. The second kappa shape index (κ2) is 14.4. The monoisotopic (exact) mass is 447 g/mol. The van der Waals surface area contributed by atoms with Crippen LogP contribution in [0.2, 0.25) is 0 Å². The zero-order chi connectivity index (χ0) is 20.0. The predicted molar refractivity (Wildman–Crippen MR) is 112 cm³/mol.